The van der Waals surface area contributed by atoms with Crippen LogP contribution in [0.2, 0.25) is 0 Å². The zero-order valence-electron chi connectivity index (χ0n) is 16.5. The standard InChI is InChI=1S/C18H32N6O3/c1-15(26-2)18-20-16(27-21-18)14-23-8-3-7-22(12-13-23)9-4-17(25)24-10-5-19-6-11-24/h15,19H,3-14H2,1-2H3. The lowest BCUT2D eigenvalue weighted by Crippen LogP contribution is -2.47. The molecule has 1 amide bonds. The Kier molecular flexibility index (Phi) is 7.57. The molecule has 9 heteroatoms. The van der Waals surface area contributed by atoms with E-state index in [0.717, 1.165) is 65.3 Å². The number of rotatable bonds is 7. The third kappa shape index (κ3) is 5.97. The Balaban J connectivity index is 1.40. The first-order valence-electron chi connectivity index (χ1n) is 9.94. The van der Waals surface area contributed by atoms with Gasteiger partial charge in [-0.3, -0.25) is 9.69 Å². The summed E-state index contributed by atoms with van der Waals surface area (Å²) in [6.45, 7) is 10.8. The first-order valence-corrected chi connectivity index (χ1v) is 9.94. The van der Waals surface area contributed by atoms with Gasteiger partial charge in [0.1, 0.15) is 6.10 Å². The lowest BCUT2D eigenvalue weighted by Gasteiger charge is -2.28. The van der Waals surface area contributed by atoms with Crippen LogP contribution in [0, 0.1) is 0 Å². The Hall–Kier alpha value is -1.55. The van der Waals surface area contributed by atoms with Crippen LogP contribution in [0.4, 0.5) is 0 Å². The van der Waals surface area contributed by atoms with Crippen LogP contribution in [0.3, 0.4) is 0 Å². The van der Waals surface area contributed by atoms with E-state index in [4.69, 9.17) is 9.26 Å². The van der Waals surface area contributed by atoms with Crippen molar-refractivity contribution in [3.05, 3.63) is 11.7 Å². The number of carbonyl (C=O) groups excluding carboxylic acids is 1. The monoisotopic (exact) mass is 380 g/mol. The third-order valence-electron chi connectivity index (χ3n) is 5.35. The van der Waals surface area contributed by atoms with E-state index < -0.39 is 0 Å². The molecule has 0 aliphatic carbocycles. The van der Waals surface area contributed by atoms with Gasteiger partial charge in [0.2, 0.25) is 11.8 Å². The summed E-state index contributed by atoms with van der Waals surface area (Å²) in [6, 6.07) is 0. The first-order chi connectivity index (χ1) is 13.2. The maximum absolute atomic E-state index is 12.3. The van der Waals surface area contributed by atoms with Crippen LogP contribution in [-0.4, -0.2) is 96.8 Å². The Morgan fingerprint density at radius 1 is 1.19 bits per heavy atom. The van der Waals surface area contributed by atoms with Crippen LogP contribution < -0.4 is 5.32 Å². The highest BCUT2D eigenvalue weighted by Crippen LogP contribution is 2.14. The van der Waals surface area contributed by atoms with E-state index in [2.05, 4.69) is 25.3 Å². The van der Waals surface area contributed by atoms with Gasteiger partial charge in [-0.25, -0.2) is 0 Å². The summed E-state index contributed by atoms with van der Waals surface area (Å²) in [6.07, 6.45) is 1.54. The highest BCUT2D eigenvalue weighted by Gasteiger charge is 2.21. The second-order valence-electron chi connectivity index (χ2n) is 7.28. The minimum absolute atomic E-state index is 0.157. The van der Waals surface area contributed by atoms with E-state index in [9.17, 15) is 4.79 Å². The topological polar surface area (TPSA) is 87.0 Å². The Morgan fingerprint density at radius 2 is 1.93 bits per heavy atom. The van der Waals surface area contributed by atoms with Crippen LogP contribution in [0.25, 0.3) is 0 Å². The van der Waals surface area contributed by atoms with Crippen LogP contribution in [0.5, 0.6) is 0 Å². The van der Waals surface area contributed by atoms with Crippen LogP contribution in [0.15, 0.2) is 4.52 Å². The predicted octanol–water partition coefficient (Wildman–Crippen LogP) is 0.107. The van der Waals surface area contributed by atoms with Gasteiger partial charge in [0.25, 0.3) is 0 Å². The first kappa shape index (κ1) is 20.2. The van der Waals surface area contributed by atoms with Gasteiger partial charge in [-0.15, -0.1) is 0 Å². The van der Waals surface area contributed by atoms with Crippen molar-refractivity contribution in [3.8, 4) is 0 Å². The zero-order valence-corrected chi connectivity index (χ0v) is 16.5. The normalized spacial score (nSPS) is 21.2. The molecule has 2 fully saturated rings. The van der Waals surface area contributed by atoms with Crippen molar-refractivity contribution < 1.29 is 14.1 Å². The second kappa shape index (κ2) is 10.1. The fourth-order valence-corrected chi connectivity index (χ4v) is 3.53. The molecule has 0 aromatic carbocycles. The molecule has 1 aromatic rings. The lowest BCUT2D eigenvalue weighted by atomic mass is 10.3. The van der Waals surface area contributed by atoms with Crippen molar-refractivity contribution in [3.63, 3.8) is 0 Å². The van der Waals surface area contributed by atoms with Gasteiger partial charge >= 0.3 is 0 Å². The number of hydrogen-bond donors (Lipinski definition) is 1. The fraction of sp³-hybridized carbons (Fsp3) is 0.833. The van der Waals surface area contributed by atoms with E-state index in [-0.39, 0.29) is 12.0 Å². The summed E-state index contributed by atoms with van der Waals surface area (Å²) in [5.41, 5.74) is 0. The molecule has 3 rings (SSSR count). The van der Waals surface area contributed by atoms with Gasteiger partial charge in [0, 0.05) is 59.3 Å². The summed E-state index contributed by atoms with van der Waals surface area (Å²) in [7, 11) is 1.64. The minimum Gasteiger partial charge on any atom is -0.374 e. The van der Waals surface area contributed by atoms with Crippen molar-refractivity contribution in [1.82, 2.24) is 30.2 Å². The second-order valence-corrected chi connectivity index (χ2v) is 7.28. The van der Waals surface area contributed by atoms with Gasteiger partial charge in [-0.05, 0) is 26.4 Å². The predicted molar refractivity (Wildman–Crippen MR) is 100 cm³/mol. The van der Waals surface area contributed by atoms with E-state index in [1.54, 1.807) is 7.11 Å². The van der Waals surface area contributed by atoms with E-state index in [0.29, 0.717) is 24.7 Å². The van der Waals surface area contributed by atoms with Crippen molar-refractivity contribution in [2.75, 3.05) is 66.0 Å². The number of hydrogen-bond acceptors (Lipinski definition) is 8. The smallest absolute Gasteiger partial charge is 0.240 e. The van der Waals surface area contributed by atoms with Gasteiger partial charge in [-0.1, -0.05) is 5.16 Å². The quantitative estimate of drug-likeness (QED) is 0.713. The molecule has 2 aliphatic heterocycles. The van der Waals surface area contributed by atoms with Crippen molar-refractivity contribution in [2.45, 2.75) is 32.4 Å². The highest BCUT2D eigenvalue weighted by molar-refractivity contribution is 5.76. The van der Waals surface area contributed by atoms with Crippen molar-refractivity contribution >= 4 is 5.91 Å². The van der Waals surface area contributed by atoms with Crippen LogP contribution in [0.1, 0.15) is 37.6 Å². The molecule has 0 radical (unpaired) electrons. The van der Waals surface area contributed by atoms with Gasteiger partial charge in [0.05, 0.1) is 6.54 Å². The molecular formula is C18H32N6O3. The largest absolute Gasteiger partial charge is 0.374 e. The summed E-state index contributed by atoms with van der Waals surface area (Å²) in [5, 5.41) is 7.27. The van der Waals surface area contributed by atoms with E-state index in [1.807, 2.05) is 11.8 Å². The number of piperazine rings is 1. The summed E-state index contributed by atoms with van der Waals surface area (Å²) in [4.78, 5) is 23.5. The Bertz CT molecular complexity index is 589. The number of nitrogens with one attached hydrogen (secondary N) is 1. The van der Waals surface area contributed by atoms with Crippen molar-refractivity contribution in [2.24, 2.45) is 0 Å². The zero-order chi connectivity index (χ0) is 19.1. The number of nitrogens with zero attached hydrogens (tertiary/aromatic N) is 5. The number of carbonyl (C=O) groups is 1. The van der Waals surface area contributed by atoms with Crippen LogP contribution >= 0.6 is 0 Å². The van der Waals surface area contributed by atoms with E-state index in [1.165, 1.54) is 0 Å². The Labute approximate surface area is 161 Å². The third-order valence-corrected chi connectivity index (χ3v) is 5.35. The molecule has 0 spiro atoms. The van der Waals surface area contributed by atoms with Crippen molar-refractivity contribution in [1.29, 1.82) is 0 Å². The molecule has 1 unspecified atom stereocenters. The minimum atomic E-state index is -0.157. The van der Waals surface area contributed by atoms with Gasteiger partial charge in [0.15, 0.2) is 5.82 Å². The van der Waals surface area contributed by atoms with Gasteiger partial charge in [-0.2, -0.15) is 4.98 Å². The average molecular weight is 380 g/mol. The molecule has 1 aromatic heterocycles. The molecule has 2 saturated heterocycles. The highest BCUT2D eigenvalue weighted by atomic mass is 16.5. The molecule has 1 atom stereocenters. The van der Waals surface area contributed by atoms with E-state index >= 15 is 0 Å². The fourth-order valence-electron chi connectivity index (χ4n) is 3.53. The Morgan fingerprint density at radius 3 is 2.70 bits per heavy atom. The number of methoxy groups -OCH3 is 1. The molecule has 27 heavy (non-hydrogen) atoms. The van der Waals surface area contributed by atoms with Gasteiger partial charge < -0.3 is 24.4 Å². The lowest BCUT2D eigenvalue weighted by molar-refractivity contribution is -0.132. The summed E-state index contributed by atoms with van der Waals surface area (Å²) in [5.74, 6) is 1.51. The molecule has 0 bridgehead atoms. The maximum atomic E-state index is 12.3. The summed E-state index contributed by atoms with van der Waals surface area (Å²) >= 11 is 0. The average Bonchev–Trinajstić information content (AvgIpc) is 3.05. The number of amides is 1. The molecule has 9 nitrogen and oxygen atoms in total. The SMILES string of the molecule is COC(C)c1noc(CN2CCCN(CCC(=O)N3CCNCC3)CC2)n1. The molecule has 152 valence electrons. The number of aromatic nitrogens is 2. The molecular weight excluding hydrogens is 348 g/mol. The maximum Gasteiger partial charge on any atom is 0.240 e. The molecule has 1 N–H and O–H groups in total. The number of ether oxygens (including phenoxy) is 1. The van der Waals surface area contributed by atoms with Crippen LogP contribution in [-0.2, 0) is 16.1 Å². The summed E-state index contributed by atoms with van der Waals surface area (Å²) < 4.78 is 10.6. The molecule has 0 saturated carbocycles. The molecule has 2 aliphatic rings. The molecule has 3 heterocycles.